The molecule has 0 saturated heterocycles. The summed E-state index contributed by atoms with van der Waals surface area (Å²) in [5, 5.41) is 4.13. The highest BCUT2D eigenvalue weighted by Crippen LogP contribution is 2.12. The van der Waals surface area contributed by atoms with Crippen molar-refractivity contribution in [3.8, 4) is 0 Å². The van der Waals surface area contributed by atoms with Crippen LogP contribution in [0.15, 0.2) is 44.6 Å². The van der Waals surface area contributed by atoms with E-state index in [-0.39, 0.29) is 23.4 Å². The van der Waals surface area contributed by atoms with E-state index in [1.54, 1.807) is 38.2 Å². The first-order chi connectivity index (χ1) is 11.5. The number of hydrogen-bond donors (Lipinski definition) is 0. The van der Waals surface area contributed by atoms with E-state index in [9.17, 15) is 9.59 Å². The zero-order valence-corrected chi connectivity index (χ0v) is 13.1. The van der Waals surface area contributed by atoms with Crippen LogP contribution in [0, 0.1) is 13.8 Å². The van der Waals surface area contributed by atoms with Gasteiger partial charge in [0.25, 0.3) is 16.8 Å². The molecule has 0 aromatic carbocycles. The standard InChI is InChI=1S/C16H13N5O3/c1-9-14-15(24-19-9)17-10(2)21(16(14)23)8-11-7-13(22)20-6-4-3-5-12(20)18-11/h3-7H,8H2,1-2H3. The fraction of sp³-hybridized carbons (Fsp3) is 0.188. The Labute approximate surface area is 135 Å². The van der Waals surface area contributed by atoms with Crippen molar-refractivity contribution in [3.05, 3.63) is 68.4 Å². The molecule has 0 aliphatic heterocycles. The second-order valence-electron chi connectivity index (χ2n) is 5.51. The van der Waals surface area contributed by atoms with Gasteiger partial charge in [-0.2, -0.15) is 4.98 Å². The second kappa shape index (κ2) is 5.12. The Balaban J connectivity index is 1.89. The van der Waals surface area contributed by atoms with Gasteiger partial charge in [-0.1, -0.05) is 11.2 Å². The van der Waals surface area contributed by atoms with Crippen molar-refractivity contribution in [2.75, 3.05) is 0 Å². The molecule has 0 N–H and O–H groups in total. The monoisotopic (exact) mass is 323 g/mol. The van der Waals surface area contributed by atoms with Crippen LogP contribution < -0.4 is 11.1 Å². The maximum absolute atomic E-state index is 12.7. The highest BCUT2D eigenvalue weighted by Gasteiger charge is 2.15. The Bertz CT molecular complexity index is 1200. The average Bonchev–Trinajstić information content (AvgIpc) is 2.92. The van der Waals surface area contributed by atoms with Gasteiger partial charge < -0.3 is 4.52 Å². The van der Waals surface area contributed by atoms with Crippen molar-refractivity contribution in [1.82, 2.24) is 24.1 Å². The summed E-state index contributed by atoms with van der Waals surface area (Å²) in [4.78, 5) is 33.6. The second-order valence-corrected chi connectivity index (χ2v) is 5.51. The van der Waals surface area contributed by atoms with E-state index in [2.05, 4.69) is 15.1 Å². The summed E-state index contributed by atoms with van der Waals surface area (Å²) in [6, 6.07) is 6.73. The molecule has 0 fully saturated rings. The van der Waals surface area contributed by atoms with Gasteiger partial charge in [0, 0.05) is 12.3 Å². The molecule has 120 valence electrons. The zero-order chi connectivity index (χ0) is 16.8. The number of aromatic nitrogens is 5. The third-order valence-electron chi connectivity index (χ3n) is 3.90. The first-order valence-corrected chi connectivity index (χ1v) is 7.35. The van der Waals surface area contributed by atoms with Crippen LogP contribution in [0.25, 0.3) is 16.7 Å². The molecule has 8 nitrogen and oxygen atoms in total. The van der Waals surface area contributed by atoms with Crippen molar-refractivity contribution in [2.45, 2.75) is 20.4 Å². The summed E-state index contributed by atoms with van der Waals surface area (Å²) >= 11 is 0. The number of rotatable bonds is 2. The zero-order valence-electron chi connectivity index (χ0n) is 13.1. The Morgan fingerprint density at radius 2 is 2.00 bits per heavy atom. The molecule has 0 amide bonds. The van der Waals surface area contributed by atoms with Gasteiger partial charge >= 0.3 is 0 Å². The van der Waals surface area contributed by atoms with Crippen LogP contribution in [-0.2, 0) is 6.54 Å². The molecule has 24 heavy (non-hydrogen) atoms. The van der Waals surface area contributed by atoms with E-state index in [0.717, 1.165) is 0 Å². The fourth-order valence-electron chi connectivity index (χ4n) is 2.70. The van der Waals surface area contributed by atoms with Crippen molar-refractivity contribution < 1.29 is 4.52 Å². The molecule has 4 aromatic heterocycles. The normalized spacial score (nSPS) is 11.4. The largest absolute Gasteiger partial charge is 0.335 e. The topological polar surface area (TPSA) is 95.3 Å². The van der Waals surface area contributed by atoms with Crippen LogP contribution >= 0.6 is 0 Å². The van der Waals surface area contributed by atoms with Crippen LogP contribution in [0.2, 0.25) is 0 Å². The maximum Gasteiger partial charge on any atom is 0.267 e. The Morgan fingerprint density at radius 3 is 2.83 bits per heavy atom. The molecular formula is C16H13N5O3. The number of aryl methyl sites for hydroxylation is 2. The molecule has 0 spiro atoms. The van der Waals surface area contributed by atoms with Crippen molar-refractivity contribution in [2.24, 2.45) is 0 Å². The van der Waals surface area contributed by atoms with Crippen LogP contribution in [0.4, 0.5) is 0 Å². The minimum atomic E-state index is -0.258. The van der Waals surface area contributed by atoms with E-state index in [1.807, 2.05) is 0 Å². The average molecular weight is 323 g/mol. The quantitative estimate of drug-likeness (QED) is 0.547. The molecule has 0 saturated carbocycles. The first-order valence-electron chi connectivity index (χ1n) is 7.35. The smallest absolute Gasteiger partial charge is 0.267 e. The van der Waals surface area contributed by atoms with Crippen LogP contribution in [-0.4, -0.2) is 24.1 Å². The van der Waals surface area contributed by atoms with Gasteiger partial charge in [0.1, 0.15) is 16.9 Å². The molecule has 0 radical (unpaired) electrons. The predicted octanol–water partition coefficient (Wildman–Crippen LogP) is 1.06. The molecule has 0 bridgehead atoms. The molecular weight excluding hydrogens is 310 g/mol. The van der Waals surface area contributed by atoms with Gasteiger partial charge in [0.05, 0.1) is 17.9 Å². The molecule has 4 heterocycles. The summed E-state index contributed by atoms with van der Waals surface area (Å²) in [5.74, 6) is 0.471. The fourth-order valence-corrected chi connectivity index (χ4v) is 2.70. The van der Waals surface area contributed by atoms with Crippen molar-refractivity contribution >= 4 is 16.7 Å². The Hall–Kier alpha value is -3.29. The summed E-state index contributed by atoms with van der Waals surface area (Å²) in [7, 11) is 0. The number of pyridine rings is 1. The van der Waals surface area contributed by atoms with Gasteiger partial charge in [-0.25, -0.2) is 4.98 Å². The minimum Gasteiger partial charge on any atom is -0.335 e. The van der Waals surface area contributed by atoms with Gasteiger partial charge in [0.15, 0.2) is 0 Å². The third kappa shape index (κ3) is 2.11. The lowest BCUT2D eigenvalue weighted by Gasteiger charge is -2.09. The van der Waals surface area contributed by atoms with Crippen LogP contribution in [0.5, 0.6) is 0 Å². The Kier molecular flexibility index (Phi) is 3.05. The third-order valence-corrected chi connectivity index (χ3v) is 3.90. The highest BCUT2D eigenvalue weighted by molar-refractivity contribution is 5.74. The maximum atomic E-state index is 12.7. The molecule has 8 heteroatoms. The molecule has 0 aliphatic carbocycles. The number of hydrogen-bond acceptors (Lipinski definition) is 6. The van der Waals surface area contributed by atoms with Gasteiger partial charge in [-0.15, -0.1) is 0 Å². The summed E-state index contributed by atoms with van der Waals surface area (Å²) in [6.45, 7) is 3.54. The van der Waals surface area contributed by atoms with E-state index in [1.165, 1.54) is 15.0 Å². The molecule has 0 unspecified atom stereocenters. The molecule has 4 aromatic rings. The van der Waals surface area contributed by atoms with E-state index < -0.39 is 0 Å². The summed E-state index contributed by atoms with van der Waals surface area (Å²) in [6.07, 6.45) is 1.65. The summed E-state index contributed by atoms with van der Waals surface area (Å²) < 4.78 is 7.96. The van der Waals surface area contributed by atoms with E-state index in [4.69, 9.17) is 4.52 Å². The lowest BCUT2D eigenvalue weighted by atomic mass is 10.3. The minimum absolute atomic E-state index is 0.152. The number of fused-ring (bicyclic) bond motifs is 2. The van der Waals surface area contributed by atoms with Crippen LogP contribution in [0.1, 0.15) is 17.2 Å². The van der Waals surface area contributed by atoms with Crippen molar-refractivity contribution in [3.63, 3.8) is 0 Å². The highest BCUT2D eigenvalue weighted by atomic mass is 16.5. The van der Waals surface area contributed by atoms with E-state index in [0.29, 0.717) is 28.2 Å². The predicted molar refractivity (Wildman–Crippen MR) is 86.1 cm³/mol. The van der Waals surface area contributed by atoms with Crippen LogP contribution in [0.3, 0.4) is 0 Å². The molecule has 0 atom stereocenters. The van der Waals surface area contributed by atoms with Crippen molar-refractivity contribution in [1.29, 1.82) is 0 Å². The SMILES string of the molecule is Cc1noc2nc(C)n(Cc3cc(=O)n4ccccc4n3)c(=O)c12. The van der Waals surface area contributed by atoms with Gasteiger partial charge in [0.2, 0.25) is 0 Å². The lowest BCUT2D eigenvalue weighted by molar-refractivity contribution is 0.441. The first kappa shape index (κ1) is 14.3. The molecule has 4 rings (SSSR count). The van der Waals surface area contributed by atoms with E-state index >= 15 is 0 Å². The van der Waals surface area contributed by atoms with Gasteiger partial charge in [-0.05, 0) is 26.0 Å². The number of nitrogens with zero attached hydrogens (tertiary/aromatic N) is 5. The summed E-state index contributed by atoms with van der Waals surface area (Å²) in [5.41, 5.74) is 1.27. The lowest BCUT2D eigenvalue weighted by Crippen LogP contribution is -2.26. The van der Waals surface area contributed by atoms with Gasteiger partial charge in [-0.3, -0.25) is 18.6 Å². The molecule has 0 aliphatic rings. The Morgan fingerprint density at radius 1 is 1.17 bits per heavy atom.